The minimum Gasteiger partial charge on any atom is -0.315 e. The number of nitrogens with one attached hydrogen (secondary N) is 1. The highest BCUT2D eigenvalue weighted by Gasteiger charge is 2.37. The Morgan fingerprint density at radius 1 is 0.947 bits per heavy atom. The molecule has 0 aromatic heterocycles. The van der Waals surface area contributed by atoms with Gasteiger partial charge < -0.3 is 5.32 Å². The van der Waals surface area contributed by atoms with Gasteiger partial charge in [0.2, 0.25) is 0 Å². The molecule has 3 fully saturated rings. The van der Waals surface area contributed by atoms with Gasteiger partial charge in [-0.3, -0.25) is 9.80 Å². The summed E-state index contributed by atoms with van der Waals surface area (Å²) in [5, 5.41) is 3.58. The first-order valence-electron chi connectivity index (χ1n) is 8.43. The fraction of sp³-hybridized carbons (Fsp3) is 1.00. The van der Waals surface area contributed by atoms with Crippen molar-refractivity contribution >= 4 is 0 Å². The monoisotopic (exact) mass is 265 g/mol. The molecule has 1 aliphatic carbocycles. The van der Waals surface area contributed by atoms with Gasteiger partial charge in [0.05, 0.1) is 0 Å². The van der Waals surface area contributed by atoms with E-state index in [0.717, 1.165) is 24.0 Å². The first-order valence-corrected chi connectivity index (χ1v) is 8.43. The van der Waals surface area contributed by atoms with E-state index >= 15 is 0 Å². The number of rotatable bonds is 3. The highest BCUT2D eigenvalue weighted by Crippen LogP contribution is 2.31. The standard InChI is InChI=1S/C16H31N3/c1-13-5-6-15(17-2)16(11-13)19-10-7-14(12-19)18-8-3-4-9-18/h13-17H,3-12H2,1-2H3. The zero-order valence-corrected chi connectivity index (χ0v) is 12.8. The minimum absolute atomic E-state index is 0.730. The van der Waals surface area contributed by atoms with Gasteiger partial charge in [0.25, 0.3) is 0 Å². The third kappa shape index (κ3) is 2.98. The van der Waals surface area contributed by atoms with E-state index in [1.54, 1.807) is 0 Å². The second kappa shape index (κ2) is 6.11. The maximum Gasteiger partial charge on any atom is 0.0252 e. The largest absolute Gasteiger partial charge is 0.315 e. The fourth-order valence-corrected chi connectivity index (χ4v) is 4.57. The normalized spacial score (nSPS) is 42.0. The molecule has 3 heteroatoms. The number of hydrogen-bond donors (Lipinski definition) is 1. The molecule has 0 aromatic carbocycles. The molecule has 110 valence electrons. The van der Waals surface area contributed by atoms with Crippen molar-refractivity contribution in [2.24, 2.45) is 5.92 Å². The van der Waals surface area contributed by atoms with Crippen molar-refractivity contribution in [3.63, 3.8) is 0 Å². The van der Waals surface area contributed by atoms with Gasteiger partial charge in [0, 0.05) is 31.2 Å². The van der Waals surface area contributed by atoms with E-state index in [2.05, 4.69) is 29.1 Å². The average Bonchev–Trinajstić information content (AvgIpc) is 3.09. The lowest BCUT2D eigenvalue weighted by molar-refractivity contribution is 0.117. The van der Waals surface area contributed by atoms with Crippen LogP contribution < -0.4 is 5.32 Å². The molecule has 0 radical (unpaired) electrons. The highest BCUT2D eigenvalue weighted by atomic mass is 15.3. The van der Waals surface area contributed by atoms with Crippen molar-refractivity contribution in [3.05, 3.63) is 0 Å². The molecule has 0 bridgehead atoms. The molecule has 2 heterocycles. The average molecular weight is 265 g/mol. The Kier molecular flexibility index (Phi) is 4.45. The zero-order valence-electron chi connectivity index (χ0n) is 12.8. The van der Waals surface area contributed by atoms with Gasteiger partial charge in [-0.2, -0.15) is 0 Å². The van der Waals surface area contributed by atoms with Crippen LogP contribution in [0, 0.1) is 5.92 Å². The van der Waals surface area contributed by atoms with E-state index in [1.807, 2.05) is 0 Å². The Morgan fingerprint density at radius 3 is 2.47 bits per heavy atom. The molecule has 3 rings (SSSR count). The van der Waals surface area contributed by atoms with E-state index in [9.17, 15) is 0 Å². The lowest BCUT2D eigenvalue weighted by atomic mass is 9.82. The van der Waals surface area contributed by atoms with E-state index in [-0.39, 0.29) is 0 Å². The molecular formula is C16H31N3. The molecule has 1 N–H and O–H groups in total. The van der Waals surface area contributed by atoms with Crippen LogP contribution in [0.3, 0.4) is 0 Å². The maximum absolute atomic E-state index is 3.58. The Morgan fingerprint density at radius 2 is 1.74 bits per heavy atom. The van der Waals surface area contributed by atoms with Crippen LogP contribution in [-0.2, 0) is 0 Å². The van der Waals surface area contributed by atoms with Gasteiger partial charge in [-0.05, 0) is 64.6 Å². The molecule has 3 nitrogen and oxygen atoms in total. The van der Waals surface area contributed by atoms with Crippen LogP contribution in [0.25, 0.3) is 0 Å². The molecule has 2 aliphatic heterocycles. The SMILES string of the molecule is CNC1CCC(C)CC1N1CCC(N2CCCC2)C1. The summed E-state index contributed by atoms with van der Waals surface area (Å²) < 4.78 is 0. The summed E-state index contributed by atoms with van der Waals surface area (Å²) in [6, 6.07) is 2.38. The lowest BCUT2D eigenvalue weighted by Gasteiger charge is -2.40. The highest BCUT2D eigenvalue weighted by molar-refractivity contribution is 4.95. The van der Waals surface area contributed by atoms with Gasteiger partial charge in [-0.25, -0.2) is 0 Å². The van der Waals surface area contributed by atoms with E-state index in [1.165, 1.54) is 64.7 Å². The lowest BCUT2D eigenvalue weighted by Crippen LogP contribution is -2.52. The van der Waals surface area contributed by atoms with E-state index < -0.39 is 0 Å². The predicted octanol–water partition coefficient (Wildman–Crippen LogP) is 1.93. The van der Waals surface area contributed by atoms with E-state index in [0.29, 0.717) is 0 Å². The van der Waals surface area contributed by atoms with Crippen molar-refractivity contribution in [2.75, 3.05) is 33.2 Å². The van der Waals surface area contributed by atoms with Gasteiger partial charge in [0.15, 0.2) is 0 Å². The summed E-state index contributed by atoms with van der Waals surface area (Å²) in [5.41, 5.74) is 0. The molecule has 3 aliphatic rings. The Balaban J connectivity index is 1.59. The summed E-state index contributed by atoms with van der Waals surface area (Å²) in [6.07, 6.45) is 8.43. The van der Waals surface area contributed by atoms with Crippen LogP contribution in [0.5, 0.6) is 0 Å². The van der Waals surface area contributed by atoms with Crippen molar-refractivity contribution in [2.45, 2.75) is 63.6 Å². The van der Waals surface area contributed by atoms with Gasteiger partial charge in [-0.1, -0.05) is 6.92 Å². The second-order valence-electron chi connectivity index (χ2n) is 7.06. The van der Waals surface area contributed by atoms with Crippen LogP contribution in [0.15, 0.2) is 0 Å². The van der Waals surface area contributed by atoms with Crippen molar-refractivity contribution in [3.8, 4) is 0 Å². The maximum atomic E-state index is 3.58. The molecule has 0 aromatic rings. The molecule has 1 saturated carbocycles. The Bertz CT molecular complexity index is 288. The first-order chi connectivity index (χ1) is 9.28. The molecule has 0 amide bonds. The van der Waals surface area contributed by atoms with Crippen LogP contribution in [-0.4, -0.2) is 61.2 Å². The summed E-state index contributed by atoms with van der Waals surface area (Å²) in [5.74, 6) is 0.917. The van der Waals surface area contributed by atoms with Crippen molar-refractivity contribution in [1.29, 1.82) is 0 Å². The number of nitrogens with zero attached hydrogens (tertiary/aromatic N) is 2. The Hall–Kier alpha value is -0.120. The quantitative estimate of drug-likeness (QED) is 0.841. The predicted molar refractivity (Wildman–Crippen MR) is 80.4 cm³/mol. The molecule has 0 spiro atoms. The molecule has 19 heavy (non-hydrogen) atoms. The number of likely N-dealkylation sites (N-methyl/N-ethyl adjacent to an activating group) is 1. The smallest absolute Gasteiger partial charge is 0.0252 e. The third-order valence-electron chi connectivity index (χ3n) is 5.77. The van der Waals surface area contributed by atoms with Gasteiger partial charge in [-0.15, -0.1) is 0 Å². The van der Waals surface area contributed by atoms with Crippen molar-refractivity contribution < 1.29 is 0 Å². The minimum atomic E-state index is 0.730. The topological polar surface area (TPSA) is 18.5 Å². The first kappa shape index (κ1) is 13.8. The van der Waals surface area contributed by atoms with Gasteiger partial charge in [0.1, 0.15) is 0 Å². The molecular weight excluding hydrogens is 234 g/mol. The summed E-state index contributed by atoms with van der Waals surface area (Å²) in [7, 11) is 2.15. The zero-order chi connectivity index (χ0) is 13.2. The van der Waals surface area contributed by atoms with Crippen molar-refractivity contribution in [1.82, 2.24) is 15.1 Å². The molecule has 4 atom stereocenters. The van der Waals surface area contributed by atoms with Crippen LogP contribution in [0.1, 0.15) is 45.4 Å². The second-order valence-corrected chi connectivity index (χ2v) is 7.06. The fourth-order valence-electron chi connectivity index (χ4n) is 4.57. The summed E-state index contributed by atoms with van der Waals surface area (Å²) in [4.78, 5) is 5.56. The van der Waals surface area contributed by atoms with Crippen LogP contribution >= 0.6 is 0 Å². The third-order valence-corrected chi connectivity index (χ3v) is 5.77. The number of likely N-dealkylation sites (tertiary alicyclic amines) is 2. The van der Waals surface area contributed by atoms with E-state index in [4.69, 9.17) is 0 Å². The van der Waals surface area contributed by atoms with Gasteiger partial charge >= 0.3 is 0 Å². The number of hydrogen-bond acceptors (Lipinski definition) is 3. The molecule has 2 saturated heterocycles. The van der Waals surface area contributed by atoms with Crippen LogP contribution in [0.2, 0.25) is 0 Å². The Labute approximate surface area is 118 Å². The summed E-state index contributed by atoms with van der Waals surface area (Å²) >= 11 is 0. The van der Waals surface area contributed by atoms with Crippen LogP contribution in [0.4, 0.5) is 0 Å². The summed E-state index contributed by atoms with van der Waals surface area (Å²) in [6.45, 7) is 7.81. The molecule has 4 unspecified atom stereocenters.